The molecule has 0 heterocycles. The fourth-order valence-corrected chi connectivity index (χ4v) is 2.47. The van der Waals surface area contributed by atoms with Crippen LogP contribution in [-0.4, -0.2) is 30.4 Å². The number of para-hydroxylation sites is 1. The number of ether oxygens (including phenoxy) is 1. The highest BCUT2D eigenvalue weighted by Crippen LogP contribution is 2.27. The zero-order valence-electron chi connectivity index (χ0n) is 10.9. The van der Waals surface area contributed by atoms with Crippen LogP contribution in [0.5, 0.6) is 5.75 Å². The molecule has 0 bridgehead atoms. The van der Waals surface area contributed by atoms with Crippen molar-refractivity contribution in [3.63, 3.8) is 0 Å². The van der Waals surface area contributed by atoms with E-state index in [1.54, 1.807) is 0 Å². The van der Waals surface area contributed by atoms with Gasteiger partial charge in [0.25, 0.3) is 0 Å². The second kappa shape index (κ2) is 6.76. The van der Waals surface area contributed by atoms with Gasteiger partial charge in [0, 0.05) is 13.1 Å². The predicted octanol–water partition coefficient (Wildman–Crippen LogP) is 2.35. The van der Waals surface area contributed by atoms with Gasteiger partial charge in [-0.15, -0.1) is 0 Å². The van der Waals surface area contributed by atoms with E-state index in [0.717, 1.165) is 38.0 Å². The molecule has 18 heavy (non-hydrogen) atoms. The van der Waals surface area contributed by atoms with Crippen LogP contribution < -0.4 is 10.1 Å². The van der Waals surface area contributed by atoms with Crippen molar-refractivity contribution in [1.29, 1.82) is 0 Å². The van der Waals surface area contributed by atoms with E-state index in [2.05, 4.69) is 5.32 Å². The van der Waals surface area contributed by atoms with Crippen LogP contribution in [0.1, 0.15) is 32.1 Å². The summed E-state index contributed by atoms with van der Waals surface area (Å²) in [5.41, 5.74) is -0.481. The van der Waals surface area contributed by atoms with Gasteiger partial charge >= 0.3 is 0 Å². The second-order valence-corrected chi connectivity index (χ2v) is 5.12. The van der Waals surface area contributed by atoms with Gasteiger partial charge < -0.3 is 15.2 Å². The molecule has 0 aliphatic heterocycles. The van der Waals surface area contributed by atoms with E-state index in [0.29, 0.717) is 13.2 Å². The molecule has 1 aromatic carbocycles. The maximum absolute atomic E-state index is 10.3. The molecule has 3 nitrogen and oxygen atoms in total. The van der Waals surface area contributed by atoms with Crippen molar-refractivity contribution in [2.75, 3.05) is 19.7 Å². The molecule has 0 atom stereocenters. The Bertz CT molecular complexity index is 334. The first-order chi connectivity index (χ1) is 8.79. The lowest BCUT2D eigenvalue weighted by Crippen LogP contribution is -2.43. The van der Waals surface area contributed by atoms with E-state index in [-0.39, 0.29) is 0 Å². The van der Waals surface area contributed by atoms with Gasteiger partial charge in [-0.2, -0.15) is 0 Å². The van der Waals surface area contributed by atoms with Crippen LogP contribution >= 0.6 is 0 Å². The lowest BCUT2D eigenvalue weighted by atomic mass is 9.85. The van der Waals surface area contributed by atoms with Crippen LogP contribution in [0.25, 0.3) is 0 Å². The molecule has 0 aromatic heterocycles. The second-order valence-electron chi connectivity index (χ2n) is 5.12. The molecule has 0 saturated heterocycles. The Balaban J connectivity index is 1.58. The summed E-state index contributed by atoms with van der Waals surface area (Å²) in [5.74, 6) is 0.899. The third-order valence-corrected chi connectivity index (χ3v) is 3.53. The maximum Gasteiger partial charge on any atom is 0.119 e. The third-order valence-electron chi connectivity index (χ3n) is 3.53. The molecule has 1 saturated carbocycles. The highest BCUT2D eigenvalue weighted by Gasteiger charge is 2.28. The van der Waals surface area contributed by atoms with Crippen molar-refractivity contribution in [2.45, 2.75) is 37.7 Å². The number of benzene rings is 1. The first-order valence-electron chi connectivity index (χ1n) is 6.89. The van der Waals surface area contributed by atoms with Crippen molar-refractivity contribution in [3.8, 4) is 5.75 Å². The molecule has 2 N–H and O–H groups in total. The SMILES string of the molecule is OC1(CNCCOc2ccccc2)CCCCC1. The Morgan fingerprint density at radius 2 is 1.83 bits per heavy atom. The molecule has 100 valence electrons. The largest absolute Gasteiger partial charge is 0.492 e. The van der Waals surface area contributed by atoms with Gasteiger partial charge in [-0.3, -0.25) is 0 Å². The fourth-order valence-electron chi connectivity index (χ4n) is 2.47. The van der Waals surface area contributed by atoms with Crippen LogP contribution in [0.2, 0.25) is 0 Å². The first kappa shape index (κ1) is 13.4. The average molecular weight is 249 g/mol. The summed E-state index contributed by atoms with van der Waals surface area (Å²) in [6.45, 7) is 2.10. The Morgan fingerprint density at radius 1 is 1.11 bits per heavy atom. The van der Waals surface area contributed by atoms with Crippen LogP contribution in [0, 0.1) is 0 Å². The topological polar surface area (TPSA) is 41.5 Å². The Hall–Kier alpha value is -1.06. The molecular weight excluding hydrogens is 226 g/mol. The molecule has 0 spiro atoms. The average Bonchev–Trinajstić information content (AvgIpc) is 2.40. The lowest BCUT2D eigenvalue weighted by Gasteiger charge is -2.32. The Kier molecular flexibility index (Phi) is 5.02. The summed E-state index contributed by atoms with van der Waals surface area (Å²) in [4.78, 5) is 0. The van der Waals surface area contributed by atoms with Gasteiger partial charge in [0.15, 0.2) is 0 Å². The van der Waals surface area contributed by atoms with E-state index in [1.807, 2.05) is 30.3 Å². The zero-order valence-corrected chi connectivity index (χ0v) is 10.9. The van der Waals surface area contributed by atoms with E-state index in [9.17, 15) is 5.11 Å². The monoisotopic (exact) mass is 249 g/mol. The summed E-state index contributed by atoms with van der Waals surface area (Å²) in [7, 11) is 0. The first-order valence-corrected chi connectivity index (χ1v) is 6.89. The van der Waals surface area contributed by atoms with E-state index >= 15 is 0 Å². The fraction of sp³-hybridized carbons (Fsp3) is 0.600. The highest BCUT2D eigenvalue weighted by molar-refractivity contribution is 5.20. The normalized spacial score (nSPS) is 18.5. The number of hydrogen-bond acceptors (Lipinski definition) is 3. The van der Waals surface area contributed by atoms with Gasteiger partial charge in [0.2, 0.25) is 0 Å². The van der Waals surface area contributed by atoms with Crippen molar-refractivity contribution >= 4 is 0 Å². The van der Waals surface area contributed by atoms with Crippen molar-refractivity contribution in [3.05, 3.63) is 30.3 Å². The summed E-state index contributed by atoms with van der Waals surface area (Å²) in [5, 5.41) is 13.6. The number of rotatable bonds is 6. The molecule has 2 rings (SSSR count). The number of nitrogens with one attached hydrogen (secondary N) is 1. The molecule has 0 unspecified atom stereocenters. The van der Waals surface area contributed by atoms with Crippen molar-refractivity contribution < 1.29 is 9.84 Å². The predicted molar refractivity (Wildman–Crippen MR) is 72.8 cm³/mol. The molecule has 0 radical (unpaired) electrons. The minimum atomic E-state index is -0.481. The molecule has 1 aliphatic rings. The summed E-state index contributed by atoms with van der Waals surface area (Å²) in [6, 6.07) is 9.81. The Morgan fingerprint density at radius 3 is 2.56 bits per heavy atom. The molecular formula is C15H23NO2. The van der Waals surface area contributed by atoms with Crippen molar-refractivity contribution in [2.24, 2.45) is 0 Å². The molecule has 3 heteroatoms. The molecule has 0 amide bonds. The van der Waals surface area contributed by atoms with Crippen LogP contribution in [0.3, 0.4) is 0 Å². The number of hydrogen-bond donors (Lipinski definition) is 2. The summed E-state index contributed by atoms with van der Waals surface area (Å²) in [6.07, 6.45) is 5.43. The van der Waals surface area contributed by atoms with E-state index in [4.69, 9.17) is 4.74 Å². The Labute approximate surface area is 109 Å². The van der Waals surface area contributed by atoms with Crippen LogP contribution in [0.4, 0.5) is 0 Å². The van der Waals surface area contributed by atoms with Gasteiger partial charge in [-0.05, 0) is 25.0 Å². The van der Waals surface area contributed by atoms with Gasteiger partial charge in [-0.1, -0.05) is 37.5 Å². The van der Waals surface area contributed by atoms with Crippen LogP contribution in [0.15, 0.2) is 30.3 Å². The standard InChI is InChI=1S/C15H23NO2/c17-15(9-5-2-6-10-15)13-16-11-12-18-14-7-3-1-4-8-14/h1,3-4,7-8,16-17H,2,5-6,9-13H2. The minimum Gasteiger partial charge on any atom is -0.492 e. The summed E-state index contributed by atoms with van der Waals surface area (Å²) >= 11 is 0. The van der Waals surface area contributed by atoms with Crippen LogP contribution in [-0.2, 0) is 0 Å². The van der Waals surface area contributed by atoms with Gasteiger partial charge in [0.1, 0.15) is 12.4 Å². The third kappa shape index (κ3) is 4.31. The molecule has 1 fully saturated rings. The zero-order chi connectivity index (χ0) is 12.7. The smallest absolute Gasteiger partial charge is 0.119 e. The summed E-state index contributed by atoms with van der Waals surface area (Å²) < 4.78 is 5.58. The van der Waals surface area contributed by atoms with E-state index < -0.39 is 5.60 Å². The van der Waals surface area contributed by atoms with Gasteiger partial charge in [0.05, 0.1) is 5.60 Å². The van der Waals surface area contributed by atoms with Crippen molar-refractivity contribution in [1.82, 2.24) is 5.32 Å². The lowest BCUT2D eigenvalue weighted by molar-refractivity contribution is 0.00457. The number of aliphatic hydroxyl groups is 1. The minimum absolute atomic E-state index is 0.481. The highest BCUT2D eigenvalue weighted by atomic mass is 16.5. The maximum atomic E-state index is 10.3. The van der Waals surface area contributed by atoms with E-state index in [1.165, 1.54) is 6.42 Å². The molecule has 1 aromatic rings. The quantitative estimate of drug-likeness (QED) is 0.760. The molecule has 1 aliphatic carbocycles. The van der Waals surface area contributed by atoms with Gasteiger partial charge in [-0.25, -0.2) is 0 Å².